The fourth-order valence-electron chi connectivity index (χ4n) is 2.96. The quantitative estimate of drug-likeness (QED) is 0.649. The Balaban J connectivity index is 1.99. The number of hydrogen-bond acceptors (Lipinski definition) is 5. The third-order valence-electron chi connectivity index (χ3n) is 4.42. The average molecular weight is 457 g/mol. The van der Waals surface area contributed by atoms with Crippen molar-refractivity contribution in [3.8, 4) is 0 Å². The molecule has 3 aromatic rings. The number of aryl methyl sites for hydroxylation is 2. The number of imidazole rings is 1. The molecule has 0 fully saturated rings. The molecule has 3 rings (SSSR count). The Morgan fingerprint density at radius 3 is 2.37 bits per heavy atom. The second-order valence-corrected chi connectivity index (χ2v) is 10.0. The van der Waals surface area contributed by atoms with Gasteiger partial charge < -0.3 is 4.52 Å². The van der Waals surface area contributed by atoms with Crippen LogP contribution in [0, 0.1) is 0 Å². The lowest BCUT2D eigenvalue weighted by Crippen LogP contribution is -2.25. The zero-order valence-corrected chi connectivity index (χ0v) is 18.1. The highest BCUT2D eigenvalue weighted by atomic mass is 79.9. The van der Waals surface area contributed by atoms with E-state index in [1.54, 1.807) is 20.2 Å². The molecule has 10 heteroatoms. The maximum Gasteiger partial charge on any atom is 0.328 e. The summed E-state index contributed by atoms with van der Waals surface area (Å²) in [6.45, 7) is 5.98. The monoisotopic (exact) mass is 456 g/mol. The number of halogens is 1. The van der Waals surface area contributed by atoms with Gasteiger partial charge in [0.1, 0.15) is 6.26 Å². The van der Waals surface area contributed by atoms with Crippen molar-refractivity contribution in [1.82, 2.24) is 19.0 Å². The Morgan fingerprint density at radius 1 is 1.19 bits per heavy atom. The first-order chi connectivity index (χ1) is 12.4. The van der Waals surface area contributed by atoms with Crippen molar-refractivity contribution in [1.29, 1.82) is 0 Å². The van der Waals surface area contributed by atoms with E-state index in [9.17, 15) is 13.2 Å². The van der Waals surface area contributed by atoms with Crippen LogP contribution in [-0.2, 0) is 36.1 Å². The summed E-state index contributed by atoms with van der Waals surface area (Å²) in [5.41, 5.74) is 2.06. The number of sulfonamides is 1. The SMILES string of the molecule is Cn1c(=O)n(C)c2cc(S(=O)(=O)NCc3conc3C(C)(C)C)c(Br)cc21. The summed E-state index contributed by atoms with van der Waals surface area (Å²) in [6.07, 6.45) is 1.45. The van der Waals surface area contributed by atoms with Crippen LogP contribution in [0.5, 0.6) is 0 Å². The molecule has 0 amide bonds. The predicted molar refractivity (Wildman–Crippen MR) is 105 cm³/mol. The molecule has 1 aromatic carbocycles. The number of hydrogen-bond donors (Lipinski definition) is 1. The van der Waals surface area contributed by atoms with Gasteiger partial charge in [-0.25, -0.2) is 17.9 Å². The second-order valence-electron chi connectivity index (χ2n) is 7.43. The van der Waals surface area contributed by atoms with Crippen LogP contribution in [0.1, 0.15) is 32.0 Å². The van der Waals surface area contributed by atoms with Crippen molar-refractivity contribution < 1.29 is 12.9 Å². The summed E-state index contributed by atoms with van der Waals surface area (Å²) in [6, 6.07) is 3.12. The largest absolute Gasteiger partial charge is 0.364 e. The van der Waals surface area contributed by atoms with Gasteiger partial charge in [0.15, 0.2) is 0 Å². The Morgan fingerprint density at radius 2 is 1.78 bits per heavy atom. The first kappa shape index (κ1) is 19.8. The highest BCUT2D eigenvalue weighted by Crippen LogP contribution is 2.28. The van der Waals surface area contributed by atoms with Gasteiger partial charge in [0.05, 0.1) is 21.6 Å². The van der Waals surface area contributed by atoms with Crippen LogP contribution in [0.25, 0.3) is 11.0 Å². The zero-order chi connectivity index (χ0) is 20.1. The molecule has 1 N–H and O–H groups in total. The van der Waals surface area contributed by atoms with Gasteiger partial charge in [-0.15, -0.1) is 0 Å². The zero-order valence-electron chi connectivity index (χ0n) is 15.7. The topological polar surface area (TPSA) is 99.1 Å². The molecule has 0 atom stereocenters. The molecular weight excluding hydrogens is 436 g/mol. The van der Waals surface area contributed by atoms with Gasteiger partial charge in [-0.2, -0.15) is 0 Å². The van der Waals surface area contributed by atoms with Crippen LogP contribution >= 0.6 is 15.9 Å². The summed E-state index contributed by atoms with van der Waals surface area (Å²) >= 11 is 3.31. The predicted octanol–water partition coefficient (Wildman–Crippen LogP) is 2.40. The fourth-order valence-corrected chi connectivity index (χ4v) is 5.01. The van der Waals surface area contributed by atoms with Crippen LogP contribution in [0.4, 0.5) is 0 Å². The van der Waals surface area contributed by atoms with Crippen molar-refractivity contribution in [2.75, 3.05) is 0 Å². The number of rotatable bonds is 4. The highest BCUT2D eigenvalue weighted by Gasteiger charge is 2.25. The molecule has 0 bridgehead atoms. The van der Waals surface area contributed by atoms with E-state index in [1.807, 2.05) is 20.8 Å². The molecule has 2 heterocycles. The summed E-state index contributed by atoms with van der Waals surface area (Å²) in [5.74, 6) is 0. The van der Waals surface area contributed by atoms with Crippen LogP contribution < -0.4 is 10.4 Å². The third kappa shape index (κ3) is 3.48. The second kappa shape index (κ2) is 6.61. The van der Waals surface area contributed by atoms with Crippen LogP contribution in [0.15, 0.2) is 37.1 Å². The van der Waals surface area contributed by atoms with Gasteiger partial charge >= 0.3 is 5.69 Å². The van der Waals surface area contributed by atoms with Gasteiger partial charge in [-0.1, -0.05) is 25.9 Å². The molecule has 0 saturated carbocycles. The summed E-state index contributed by atoms with van der Waals surface area (Å²) in [5, 5.41) is 3.98. The van der Waals surface area contributed by atoms with Crippen LogP contribution in [-0.4, -0.2) is 22.7 Å². The highest BCUT2D eigenvalue weighted by molar-refractivity contribution is 9.10. The van der Waals surface area contributed by atoms with Crippen LogP contribution in [0.3, 0.4) is 0 Å². The van der Waals surface area contributed by atoms with E-state index in [4.69, 9.17) is 4.52 Å². The molecular formula is C17H21BrN4O4S. The minimum Gasteiger partial charge on any atom is -0.364 e. The van der Waals surface area contributed by atoms with Crippen molar-refractivity contribution >= 4 is 37.0 Å². The Labute approximate surface area is 165 Å². The first-order valence-electron chi connectivity index (χ1n) is 8.22. The molecule has 146 valence electrons. The lowest BCUT2D eigenvalue weighted by atomic mass is 9.90. The summed E-state index contributed by atoms with van der Waals surface area (Å²) < 4.78 is 36.6. The van der Waals surface area contributed by atoms with Gasteiger partial charge in [-0.05, 0) is 28.1 Å². The van der Waals surface area contributed by atoms with Gasteiger partial charge in [0.2, 0.25) is 10.0 Å². The van der Waals surface area contributed by atoms with E-state index in [1.165, 1.54) is 21.5 Å². The smallest absolute Gasteiger partial charge is 0.328 e. The first-order valence-corrected chi connectivity index (χ1v) is 10.5. The third-order valence-corrected chi connectivity index (χ3v) is 6.78. The van der Waals surface area contributed by atoms with Crippen molar-refractivity contribution in [3.63, 3.8) is 0 Å². The number of fused-ring (bicyclic) bond motifs is 1. The van der Waals surface area contributed by atoms with Crippen molar-refractivity contribution in [2.45, 2.75) is 37.6 Å². The minimum absolute atomic E-state index is 0.0522. The average Bonchev–Trinajstić information content (AvgIpc) is 3.13. The van der Waals surface area contributed by atoms with Gasteiger partial charge in [-0.3, -0.25) is 9.13 Å². The molecule has 0 radical (unpaired) electrons. The molecule has 0 aliphatic carbocycles. The van der Waals surface area contributed by atoms with E-state index >= 15 is 0 Å². The lowest BCUT2D eigenvalue weighted by Gasteiger charge is -2.16. The standard InChI is InChI=1S/C17H21BrN4O4S/c1-17(2,3)15-10(9-26-20-15)8-19-27(24,25)14-7-13-12(6-11(14)18)21(4)16(23)22(13)5/h6-7,9,19H,8H2,1-5H3. The van der Waals surface area contributed by atoms with E-state index in [2.05, 4.69) is 25.8 Å². The van der Waals surface area contributed by atoms with E-state index in [0.717, 1.165) is 0 Å². The fraction of sp³-hybridized carbons (Fsp3) is 0.412. The number of nitrogens with zero attached hydrogens (tertiary/aromatic N) is 3. The normalized spacial score (nSPS) is 12.8. The van der Waals surface area contributed by atoms with Gasteiger partial charge in [0, 0.05) is 36.1 Å². The number of nitrogens with one attached hydrogen (secondary N) is 1. The summed E-state index contributed by atoms with van der Waals surface area (Å²) in [4.78, 5) is 12.2. The number of aromatic nitrogens is 3. The molecule has 0 spiro atoms. The van der Waals surface area contributed by atoms with E-state index < -0.39 is 10.0 Å². The molecule has 0 aliphatic heterocycles. The molecule has 0 saturated heterocycles. The Hall–Kier alpha value is -1.91. The maximum atomic E-state index is 12.9. The van der Waals surface area contributed by atoms with Crippen molar-refractivity contribution in [2.24, 2.45) is 14.1 Å². The molecule has 0 unspecified atom stereocenters. The van der Waals surface area contributed by atoms with Crippen molar-refractivity contribution in [3.05, 3.63) is 44.6 Å². The summed E-state index contributed by atoms with van der Waals surface area (Å²) in [7, 11) is -0.583. The van der Waals surface area contributed by atoms with Gasteiger partial charge in [0.25, 0.3) is 0 Å². The Bertz CT molecular complexity index is 1180. The molecule has 8 nitrogen and oxygen atoms in total. The maximum absolute atomic E-state index is 12.9. The molecule has 27 heavy (non-hydrogen) atoms. The molecule has 2 aromatic heterocycles. The lowest BCUT2D eigenvalue weighted by molar-refractivity contribution is 0.393. The Kier molecular flexibility index (Phi) is 4.86. The van der Waals surface area contributed by atoms with Crippen LogP contribution in [0.2, 0.25) is 0 Å². The van der Waals surface area contributed by atoms with E-state index in [0.29, 0.717) is 26.8 Å². The minimum atomic E-state index is -3.83. The molecule has 0 aliphatic rings. The number of benzene rings is 1. The van der Waals surface area contributed by atoms with E-state index in [-0.39, 0.29) is 22.5 Å².